The number of rotatable bonds is 6. The van der Waals surface area contributed by atoms with E-state index in [4.69, 9.17) is 9.97 Å². The molecule has 0 saturated heterocycles. The number of hydrogen-bond acceptors (Lipinski definition) is 5. The number of nitrogens with zero attached hydrogens (tertiary/aromatic N) is 5. The zero-order valence-corrected chi connectivity index (χ0v) is 49.4. The lowest BCUT2D eigenvalue weighted by Crippen LogP contribution is -1.99. The molecule has 7 aromatic heterocycles. The predicted molar refractivity (Wildman–Crippen MR) is 378 cm³/mol. The monoisotopic (exact) mass is 1170 g/mol. The normalized spacial score (nSPS) is 12.3. The Morgan fingerprint density at radius 2 is 0.602 bits per heavy atom. The van der Waals surface area contributed by atoms with E-state index in [2.05, 4.69) is 287 Å². The Kier molecular flexibility index (Phi) is 10.1. The highest BCUT2D eigenvalue weighted by Gasteiger charge is 2.23. The van der Waals surface area contributed by atoms with Gasteiger partial charge in [0.1, 0.15) is 0 Å². The van der Waals surface area contributed by atoms with Crippen molar-refractivity contribution in [3.63, 3.8) is 0 Å². The molecule has 88 heavy (non-hydrogen) atoms. The Labute approximate surface area is 514 Å². The summed E-state index contributed by atoms with van der Waals surface area (Å²) in [6.07, 6.45) is 0. The molecule has 0 radical (unpaired) electrons. The van der Waals surface area contributed by atoms with E-state index in [1.54, 1.807) is 0 Å². The van der Waals surface area contributed by atoms with E-state index in [-0.39, 0.29) is 0 Å². The Bertz CT molecular complexity index is 6400. The maximum Gasteiger partial charge on any atom is 0.160 e. The van der Waals surface area contributed by atoms with Crippen LogP contribution in [-0.4, -0.2) is 23.7 Å². The molecule has 0 aliphatic carbocycles. The lowest BCUT2D eigenvalue weighted by Gasteiger charge is -2.15. The van der Waals surface area contributed by atoms with Gasteiger partial charge in [0.05, 0.1) is 44.3 Å². The van der Waals surface area contributed by atoms with Crippen LogP contribution in [0.2, 0.25) is 0 Å². The van der Waals surface area contributed by atoms with Crippen molar-refractivity contribution in [2.75, 3.05) is 0 Å². The molecule has 7 heterocycles. The van der Waals surface area contributed by atoms with Crippen molar-refractivity contribution in [2.45, 2.75) is 0 Å². The standard InChI is InChI=1S/C80H45N5S3/c1-7-28-61-53(22-1)73-64(36-39-70-76(73)56-25-4-10-31-67(56)86-70)83(61)50-19-13-16-46(42-50)47-34-35-60-59(45-47)79(48-17-14-20-51(43-48)84-62-29-8-2-23-54(62)74-65(84)37-40-71-77(74)57-26-5-11-32-68(57)87-71)82-80(81-60)49-18-15-21-52(44-49)85-63-30-9-3-24-55(63)75-66(85)38-41-72-78(75)58-27-6-12-33-69(58)88-72/h1-45H. The van der Waals surface area contributed by atoms with Gasteiger partial charge in [0.2, 0.25) is 0 Å². The average molecular weight is 1170 g/mol. The highest BCUT2D eigenvalue weighted by Crippen LogP contribution is 2.48. The van der Waals surface area contributed by atoms with Gasteiger partial charge in [0.25, 0.3) is 0 Å². The second-order valence-electron chi connectivity index (χ2n) is 23.1. The molecule has 0 fully saturated rings. The lowest BCUT2D eigenvalue weighted by molar-refractivity contribution is 1.17. The van der Waals surface area contributed by atoms with Crippen LogP contribution in [0, 0.1) is 0 Å². The number of thiophene rings is 3. The van der Waals surface area contributed by atoms with E-state index in [1.165, 1.54) is 120 Å². The molecule has 0 saturated carbocycles. The van der Waals surface area contributed by atoms with E-state index >= 15 is 0 Å². The Morgan fingerprint density at radius 1 is 0.227 bits per heavy atom. The van der Waals surface area contributed by atoms with E-state index in [0.29, 0.717) is 5.82 Å². The zero-order chi connectivity index (χ0) is 57.3. The SMILES string of the molecule is c1cc(-c2ccc3nc(-c4cccc(-n5c6ccccc6c6c7c(ccc65)sc5ccccc57)c4)nc(-c4cccc(-n5c6ccccc6c6c7c(ccc65)sc5ccccc57)c4)c3c2)cc(-n2c3ccccc3c3c4c(ccc32)sc2ccccc24)c1. The van der Waals surface area contributed by atoms with Gasteiger partial charge in [-0.05, 0) is 132 Å². The molecule has 0 atom stereocenters. The van der Waals surface area contributed by atoms with Crippen molar-refractivity contribution in [3.8, 4) is 50.8 Å². The van der Waals surface area contributed by atoms with Crippen LogP contribution < -0.4 is 0 Å². The number of fused-ring (bicyclic) bond motifs is 22. The smallest absolute Gasteiger partial charge is 0.160 e. The summed E-state index contributed by atoms with van der Waals surface area (Å²) >= 11 is 5.60. The first-order valence-electron chi connectivity index (χ1n) is 29.8. The van der Waals surface area contributed by atoms with Gasteiger partial charge in [0.15, 0.2) is 5.82 Å². The molecule has 0 bridgehead atoms. The van der Waals surface area contributed by atoms with Crippen LogP contribution in [0.1, 0.15) is 0 Å². The van der Waals surface area contributed by atoms with Crippen molar-refractivity contribution < 1.29 is 0 Å². The largest absolute Gasteiger partial charge is 0.309 e. The van der Waals surface area contributed by atoms with Crippen molar-refractivity contribution in [1.82, 2.24) is 23.7 Å². The minimum Gasteiger partial charge on any atom is -0.309 e. The maximum atomic E-state index is 5.74. The maximum absolute atomic E-state index is 5.74. The molecule has 20 rings (SSSR count). The lowest BCUT2D eigenvalue weighted by atomic mass is 9.99. The second kappa shape index (κ2) is 18.4. The fraction of sp³-hybridized carbons (Fsp3) is 0. The van der Waals surface area contributed by atoms with Gasteiger partial charge >= 0.3 is 0 Å². The van der Waals surface area contributed by atoms with Crippen molar-refractivity contribution in [2.24, 2.45) is 0 Å². The van der Waals surface area contributed by atoms with Gasteiger partial charge < -0.3 is 13.7 Å². The molecule has 0 aliphatic rings. The first-order chi connectivity index (χ1) is 43.6. The van der Waals surface area contributed by atoms with Gasteiger partial charge in [0, 0.05) is 126 Å². The van der Waals surface area contributed by atoms with Crippen molar-refractivity contribution >= 4 is 171 Å². The highest BCUT2D eigenvalue weighted by atomic mass is 32.1. The van der Waals surface area contributed by atoms with Crippen LogP contribution in [0.25, 0.3) is 188 Å². The fourth-order valence-electron chi connectivity index (χ4n) is 14.7. The quantitative estimate of drug-likeness (QED) is 0.166. The summed E-state index contributed by atoms with van der Waals surface area (Å²) < 4.78 is 15.1. The molecule has 0 unspecified atom stereocenters. The van der Waals surface area contributed by atoms with Gasteiger partial charge in [-0.25, -0.2) is 9.97 Å². The van der Waals surface area contributed by atoms with Gasteiger partial charge in [-0.15, -0.1) is 34.0 Å². The minimum atomic E-state index is 0.666. The summed E-state index contributed by atoms with van der Waals surface area (Å²) in [5, 5.41) is 16.4. The summed E-state index contributed by atoms with van der Waals surface area (Å²) in [6.45, 7) is 0. The molecule has 8 heteroatoms. The van der Waals surface area contributed by atoms with Crippen LogP contribution >= 0.6 is 34.0 Å². The van der Waals surface area contributed by atoms with Crippen LogP contribution in [0.5, 0.6) is 0 Å². The van der Waals surface area contributed by atoms with Crippen molar-refractivity contribution in [1.29, 1.82) is 0 Å². The predicted octanol–water partition coefficient (Wildman–Crippen LogP) is 23.0. The number of benzene rings is 13. The summed E-state index contributed by atoms with van der Waals surface area (Å²) in [5.74, 6) is 0.666. The van der Waals surface area contributed by atoms with Crippen LogP contribution in [-0.2, 0) is 0 Å². The summed E-state index contributed by atoms with van der Waals surface area (Å²) in [6, 6.07) is 101. The molecule has 0 spiro atoms. The Balaban J connectivity index is 0.788. The van der Waals surface area contributed by atoms with Crippen LogP contribution in [0.4, 0.5) is 0 Å². The summed E-state index contributed by atoms with van der Waals surface area (Å²) in [4.78, 5) is 11.3. The average Bonchev–Trinajstić information content (AvgIpc) is 1.80. The first kappa shape index (κ1) is 48.5. The Morgan fingerprint density at radius 3 is 1.07 bits per heavy atom. The minimum absolute atomic E-state index is 0.666. The van der Waals surface area contributed by atoms with E-state index in [9.17, 15) is 0 Å². The van der Waals surface area contributed by atoms with E-state index in [0.717, 1.165) is 61.4 Å². The fourth-order valence-corrected chi connectivity index (χ4v) is 18.1. The topological polar surface area (TPSA) is 40.6 Å². The molecular weight excluding hydrogens is 1130 g/mol. The van der Waals surface area contributed by atoms with E-state index in [1.807, 2.05) is 34.0 Å². The molecule has 408 valence electrons. The van der Waals surface area contributed by atoms with E-state index < -0.39 is 0 Å². The third-order valence-electron chi connectivity index (χ3n) is 18.4. The van der Waals surface area contributed by atoms with Crippen LogP contribution in [0.15, 0.2) is 273 Å². The molecular formula is C80H45N5S3. The Hall–Kier alpha value is -10.7. The first-order valence-corrected chi connectivity index (χ1v) is 32.2. The molecule has 13 aromatic carbocycles. The number of aromatic nitrogens is 5. The third kappa shape index (κ3) is 6.90. The summed E-state index contributed by atoms with van der Waals surface area (Å²) in [5.41, 5.74) is 16.2. The zero-order valence-electron chi connectivity index (χ0n) is 46.9. The third-order valence-corrected chi connectivity index (χ3v) is 21.8. The van der Waals surface area contributed by atoms with Crippen LogP contribution in [0.3, 0.4) is 0 Å². The van der Waals surface area contributed by atoms with Crippen molar-refractivity contribution in [3.05, 3.63) is 273 Å². The second-order valence-corrected chi connectivity index (χ2v) is 26.4. The molecule has 0 N–H and O–H groups in total. The number of para-hydroxylation sites is 3. The number of hydrogen-bond donors (Lipinski definition) is 0. The molecule has 0 aliphatic heterocycles. The summed E-state index contributed by atoms with van der Waals surface area (Å²) in [7, 11) is 0. The highest BCUT2D eigenvalue weighted by molar-refractivity contribution is 7.27. The van der Waals surface area contributed by atoms with Gasteiger partial charge in [-0.2, -0.15) is 0 Å². The van der Waals surface area contributed by atoms with Gasteiger partial charge in [-0.3, -0.25) is 0 Å². The van der Waals surface area contributed by atoms with Gasteiger partial charge in [-0.1, -0.05) is 152 Å². The molecule has 0 amide bonds. The molecule has 20 aromatic rings. The molecule has 5 nitrogen and oxygen atoms in total.